The van der Waals surface area contributed by atoms with Gasteiger partial charge in [0.25, 0.3) is 5.91 Å². The summed E-state index contributed by atoms with van der Waals surface area (Å²) in [5.41, 5.74) is 2.26. The van der Waals surface area contributed by atoms with Gasteiger partial charge in [-0.05, 0) is 30.3 Å². The number of ether oxygens (including phenoxy) is 1. The van der Waals surface area contributed by atoms with Crippen LogP contribution < -0.4 is 14.9 Å². The Morgan fingerprint density at radius 2 is 1.89 bits per heavy atom. The molecule has 36 heavy (non-hydrogen) atoms. The van der Waals surface area contributed by atoms with Crippen LogP contribution in [0.5, 0.6) is 5.75 Å². The van der Waals surface area contributed by atoms with E-state index in [9.17, 15) is 22.8 Å². The smallest absolute Gasteiger partial charge is 0.493 e. The maximum atomic E-state index is 13.1. The minimum atomic E-state index is -5.22. The van der Waals surface area contributed by atoms with E-state index in [-0.39, 0.29) is 29.9 Å². The number of methoxy groups -OCH3 is 1. The third-order valence-corrected chi connectivity index (χ3v) is 6.02. The summed E-state index contributed by atoms with van der Waals surface area (Å²) in [7, 11) is 1.51. The van der Waals surface area contributed by atoms with Crippen LogP contribution in [0, 0.1) is 0 Å². The van der Waals surface area contributed by atoms with Gasteiger partial charge in [0.2, 0.25) is 0 Å². The number of alkyl halides is 3. The van der Waals surface area contributed by atoms with Gasteiger partial charge >= 0.3 is 12.1 Å². The highest BCUT2D eigenvalue weighted by Crippen LogP contribution is 2.36. The molecule has 1 aliphatic heterocycles. The summed E-state index contributed by atoms with van der Waals surface area (Å²) in [6.07, 6.45) is -5.05. The maximum Gasteiger partial charge on any atom is 0.493 e. The molecule has 0 radical (unpaired) electrons. The van der Waals surface area contributed by atoms with E-state index in [4.69, 9.17) is 26.2 Å². The van der Waals surface area contributed by atoms with Crippen LogP contribution in [0.4, 0.5) is 13.2 Å². The van der Waals surface area contributed by atoms with E-state index in [0.717, 1.165) is 4.73 Å². The van der Waals surface area contributed by atoms with Crippen molar-refractivity contribution >= 4 is 34.4 Å². The lowest BCUT2D eigenvalue weighted by Crippen LogP contribution is -2.37. The van der Waals surface area contributed by atoms with Gasteiger partial charge in [-0.15, -0.1) is 0 Å². The SMILES string of the molecule is COc1ccc(Cl)cc1-c1ccc2cccc(-c3cc4c(n3OC(=O)C(F)(F)F)CCNC4=O)c2n1. The number of nitrogens with zero attached hydrogens (tertiary/aromatic N) is 2. The van der Waals surface area contributed by atoms with Crippen molar-refractivity contribution in [1.82, 2.24) is 15.0 Å². The number of carbonyl (C=O) groups excluding carboxylic acids is 2. The number of rotatable bonds is 4. The van der Waals surface area contributed by atoms with Gasteiger partial charge in [0.05, 0.1) is 35.3 Å². The van der Waals surface area contributed by atoms with Gasteiger partial charge in [-0.3, -0.25) is 4.79 Å². The average Bonchev–Trinajstić information content (AvgIpc) is 3.22. The molecule has 1 N–H and O–H groups in total. The number of benzene rings is 2. The number of para-hydroxylation sites is 1. The average molecular weight is 516 g/mol. The van der Waals surface area contributed by atoms with Gasteiger partial charge in [-0.25, -0.2) is 9.78 Å². The Morgan fingerprint density at radius 1 is 1.08 bits per heavy atom. The molecule has 2 aromatic carbocycles. The van der Waals surface area contributed by atoms with Crippen LogP contribution in [-0.4, -0.2) is 41.4 Å². The zero-order chi connectivity index (χ0) is 25.6. The number of amides is 1. The minimum absolute atomic E-state index is 0.0861. The number of carbonyl (C=O) groups is 2. The van der Waals surface area contributed by atoms with Crippen molar-refractivity contribution in [3.05, 3.63) is 70.9 Å². The van der Waals surface area contributed by atoms with E-state index < -0.39 is 18.1 Å². The Balaban J connectivity index is 1.73. The standard InChI is InChI=1S/C25H17ClF3N3O4/c1-35-21-8-6-14(26)11-16(21)18-7-5-13-3-2-4-15(22(13)31-18)20-12-17-19(9-10-30-23(17)33)32(20)36-24(34)25(27,28)29/h2-8,11-12H,9-10H2,1H3,(H,30,33). The molecule has 11 heteroatoms. The summed E-state index contributed by atoms with van der Waals surface area (Å²) < 4.78 is 45.5. The van der Waals surface area contributed by atoms with E-state index in [1.165, 1.54) is 13.2 Å². The summed E-state index contributed by atoms with van der Waals surface area (Å²) in [5, 5.41) is 3.78. The molecule has 0 spiro atoms. The second-order valence-electron chi connectivity index (χ2n) is 7.99. The number of hydrogen-bond donors (Lipinski definition) is 1. The quantitative estimate of drug-likeness (QED) is 0.421. The van der Waals surface area contributed by atoms with Crippen LogP contribution >= 0.6 is 11.6 Å². The molecule has 0 bridgehead atoms. The first-order valence-corrected chi connectivity index (χ1v) is 11.1. The van der Waals surface area contributed by atoms with Crippen molar-refractivity contribution in [2.45, 2.75) is 12.6 Å². The minimum Gasteiger partial charge on any atom is -0.496 e. The third kappa shape index (κ3) is 4.13. The highest BCUT2D eigenvalue weighted by molar-refractivity contribution is 6.31. The zero-order valence-electron chi connectivity index (χ0n) is 18.6. The second kappa shape index (κ2) is 8.87. The fourth-order valence-corrected chi connectivity index (χ4v) is 4.34. The van der Waals surface area contributed by atoms with E-state index in [1.54, 1.807) is 48.5 Å². The van der Waals surface area contributed by atoms with Crippen molar-refractivity contribution in [3.63, 3.8) is 0 Å². The fraction of sp³-hybridized carbons (Fsp3) is 0.160. The molecule has 4 aromatic rings. The van der Waals surface area contributed by atoms with Crippen LogP contribution in [0.25, 0.3) is 33.4 Å². The van der Waals surface area contributed by atoms with Crippen molar-refractivity contribution in [3.8, 4) is 28.3 Å². The number of hydrogen-bond acceptors (Lipinski definition) is 5. The Labute approximate surface area is 207 Å². The predicted octanol–water partition coefficient (Wildman–Crippen LogP) is 4.84. The molecule has 0 aliphatic carbocycles. The van der Waals surface area contributed by atoms with Crippen molar-refractivity contribution < 1.29 is 32.3 Å². The Bertz CT molecular complexity index is 1530. The van der Waals surface area contributed by atoms with Crippen molar-refractivity contribution in [2.24, 2.45) is 0 Å². The number of nitrogens with one attached hydrogen (secondary N) is 1. The van der Waals surface area contributed by atoms with E-state index in [0.29, 0.717) is 38.5 Å². The van der Waals surface area contributed by atoms with E-state index >= 15 is 0 Å². The molecular weight excluding hydrogens is 499 g/mol. The summed E-state index contributed by atoms with van der Waals surface area (Å²) in [6, 6.07) is 15.1. The van der Waals surface area contributed by atoms with Crippen LogP contribution in [0.3, 0.4) is 0 Å². The molecule has 0 saturated heterocycles. The van der Waals surface area contributed by atoms with Crippen LogP contribution in [0.1, 0.15) is 16.1 Å². The van der Waals surface area contributed by atoms with E-state index in [1.807, 2.05) is 0 Å². The number of fused-ring (bicyclic) bond motifs is 2. The zero-order valence-corrected chi connectivity index (χ0v) is 19.4. The molecule has 0 atom stereocenters. The molecule has 0 fully saturated rings. The first-order chi connectivity index (χ1) is 17.2. The molecule has 2 aromatic heterocycles. The fourth-order valence-electron chi connectivity index (χ4n) is 4.17. The lowest BCUT2D eigenvalue weighted by molar-refractivity contribution is -0.199. The molecule has 3 heterocycles. The highest BCUT2D eigenvalue weighted by atomic mass is 35.5. The molecule has 1 aliphatic rings. The second-order valence-corrected chi connectivity index (χ2v) is 8.42. The number of pyridine rings is 1. The summed E-state index contributed by atoms with van der Waals surface area (Å²) in [4.78, 5) is 33.7. The molecule has 1 amide bonds. The third-order valence-electron chi connectivity index (χ3n) is 5.79. The topological polar surface area (TPSA) is 82.5 Å². The first-order valence-electron chi connectivity index (χ1n) is 10.7. The van der Waals surface area contributed by atoms with E-state index in [2.05, 4.69) is 5.32 Å². The van der Waals surface area contributed by atoms with Crippen molar-refractivity contribution in [1.29, 1.82) is 0 Å². The highest BCUT2D eigenvalue weighted by Gasteiger charge is 2.43. The lowest BCUT2D eigenvalue weighted by Gasteiger charge is -2.18. The largest absolute Gasteiger partial charge is 0.496 e. The molecule has 184 valence electrons. The molecular formula is C25H17ClF3N3O4. The van der Waals surface area contributed by atoms with Gasteiger partial charge in [-0.1, -0.05) is 35.9 Å². The Hall–Kier alpha value is -4.05. The molecule has 0 saturated carbocycles. The first kappa shape index (κ1) is 23.7. The summed E-state index contributed by atoms with van der Waals surface area (Å²) >= 11 is 6.18. The summed E-state index contributed by atoms with van der Waals surface area (Å²) in [5.74, 6) is -2.35. The lowest BCUT2D eigenvalue weighted by atomic mass is 10.0. The maximum absolute atomic E-state index is 13.1. The van der Waals surface area contributed by atoms with Gasteiger partial charge in [0.1, 0.15) is 5.75 Å². The van der Waals surface area contributed by atoms with Gasteiger partial charge < -0.3 is 14.9 Å². The van der Waals surface area contributed by atoms with Crippen LogP contribution in [0.15, 0.2) is 54.6 Å². The van der Waals surface area contributed by atoms with Gasteiger partial charge in [-0.2, -0.15) is 17.9 Å². The Morgan fingerprint density at radius 3 is 2.64 bits per heavy atom. The van der Waals surface area contributed by atoms with Gasteiger partial charge in [0, 0.05) is 34.5 Å². The molecule has 7 nitrogen and oxygen atoms in total. The monoisotopic (exact) mass is 515 g/mol. The summed E-state index contributed by atoms with van der Waals surface area (Å²) in [6.45, 7) is 0.186. The van der Waals surface area contributed by atoms with Crippen LogP contribution in [0.2, 0.25) is 5.02 Å². The number of halogens is 4. The Kier molecular flexibility index (Phi) is 5.83. The number of aromatic nitrogens is 2. The van der Waals surface area contributed by atoms with Crippen LogP contribution in [-0.2, 0) is 11.2 Å². The molecule has 0 unspecified atom stereocenters. The molecule has 5 rings (SSSR count). The van der Waals surface area contributed by atoms with Gasteiger partial charge in [0.15, 0.2) is 0 Å². The van der Waals surface area contributed by atoms with Crippen molar-refractivity contribution in [2.75, 3.05) is 13.7 Å². The normalized spacial score (nSPS) is 13.3. The predicted molar refractivity (Wildman–Crippen MR) is 126 cm³/mol.